The average molecular weight is 369 g/mol. The van der Waals surface area contributed by atoms with Crippen molar-refractivity contribution in [3.8, 4) is 0 Å². The molecular weight excluding hydrogens is 328 g/mol. The Kier molecular flexibility index (Phi) is 16.2. The standard InChI is InChI=1S/C21H40N2O3/c1-4-5-6-7-8-9-10-11-12-13-17-20(24)22-18-15-14-16-19(21(25)26)23(2)3/h4-5,19H,6-18H2,1-3H3,(H,22,24)(H,25,26)/b5-4+/t19-/m0/s1. The van der Waals surface area contributed by atoms with Crippen LogP contribution in [0.3, 0.4) is 0 Å². The molecule has 0 radical (unpaired) electrons. The van der Waals surface area contributed by atoms with Crippen molar-refractivity contribution < 1.29 is 14.7 Å². The van der Waals surface area contributed by atoms with Crippen LogP contribution in [0, 0.1) is 0 Å². The fraction of sp³-hybridized carbons (Fsp3) is 0.810. The summed E-state index contributed by atoms with van der Waals surface area (Å²) < 4.78 is 0. The highest BCUT2D eigenvalue weighted by molar-refractivity contribution is 5.75. The molecule has 152 valence electrons. The first-order valence-corrected chi connectivity index (χ1v) is 10.3. The summed E-state index contributed by atoms with van der Waals surface area (Å²) in [4.78, 5) is 24.6. The van der Waals surface area contributed by atoms with Crippen LogP contribution in [0.1, 0.15) is 84.0 Å². The zero-order valence-electron chi connectivity index (χ0n) is 17.1. The summed E-state index contributed by atoms with van der Waals surface area (Å²) >= 11 is 0. The maximum atomic E-state index is 11.8. The third-order valence-electron chi connectivity index (χ3n) is 4.65. The maximum absolute atomic E-state index is 11.8. The molecule has 0 aliphatic heterocycles. The number of rotatable bonds is 17. The van der Waals surface area contributed by atoms with Crippen LogP contribution < -0.4 is 5.32 Å². The van der Waals surface area contributed by atoms with Gasteiger partial charge in [0.2, 0.25) is 5.91 Å². The Morgan fingerprint density at radius 1 is 0.962 bits per heavy atom. The molecule has 0 aliphatic carbocycles. The van der Waals surface area contributed by atoms with E-state index in [1.807, 2.05) is 0 Å². The van der Waals surface area contributed by atoms with Gasteiger partial charge in [0, 0.05) is 13.0 Å². The molecule has 0 aliphatic rings. The Morgan fingerprint density at radius 2 is 1.58 bits per heavy atom. The van der Waals surface area contributed by atoms with Crippen molar-refractivity contribution in [1.82, 2.24) is 10.2 Å². The first-order chi connectivity index (χ1) is 12.5. The van der Waals surface area contributed by atoms with Gasteiger partial charge in [0.15, 0.2) is 0 Å². The zero-order chi connectivity index (χ0) is 19.6. The molecule has 2 N–H and O–H groups in total. The second-order valence-corrected chi connectivity index (χ2v) is 7.25. The van der Waals surface area contributed by atoms with Crippen molar-refractivity contribution in [2.24, 2.45) is 0 Å². The van der Waals surface area contributed by atoms with Crippen molar-refractivity contribution in [3.63, 3.8) is 0 Å². The van der Waals surface area contributed by atoms with Gasteiger partial charge in [-0.2, -0.15) is 0 Å². The van der Waals surface area contributed by atoms with Gasteiger partial charge in [-0.3, -0.25) is 14.5 Å². The fourth-order valence-electron chi connectivity index (χ4n) is 2.98. The summed E-state index contributed by atoms with van der Waals surface area (Å²) in [6.45, 7) is 2.71. The molecule has 0 unspecified atom stereocenters. The van der Waals surface area contributed by atoms with E-state index in [0.29, 0.717) is 19.4 Å². The predicted octanol–water partition coefficient (Wildman–Crippen LogP) is 4.37. The van der Waals surface area contributed by atoms with E-state index in [-0.39, 0.29) is 5.91 Å². The second-order valence-electron chi connectivity index (χ2n) is 7.25. The van der Waals surface area contributed by atoms with E-state index in [9.17, 15) is 9.59 Å². The Morgan fingerprint density at radius 3 is 2.15 bits per heavy atom. The maximum Gasteiger partial charge on any atom is 0.320 e. The van der Waals surface area contributed by atoms with Crippen molar-refractivity contribution in [1.29, 1.82) is 0 Å². The lowest BCUT2D eigenvalue weighted by Crippen LogP contribution is -2.35. The number of nitrogens with zero attached hydrogens (tertiary/aromatic N) is 1. The molecule has 26 heavy (non-hydrogen) atoms. The molecule has 0 aromatic heterocycles. The predicted molar refractivity (Wildman–Crippen MR) is 108 cm³/mol. The Labute approximate surface area is 160 Å². The molecular formula is C21H40N2O3. The van der Waals surface area contributed by atoms with Crippen LogP contribution in [0.25, 0.3) is 0 Å². The number of carbonyl (C=O) groups is 2. The molecule has 0 saturated carbocycles. The monoisotopic (exact) mass is 368 g/mol. The minimum Gasteiger partial charge on any atom is -0.480 e. The fourth-order valence-corrected chi connectivity index (χ4v) is 2.98. The van der Waals surface area contributed by atoms with Crippen LogP contribution in [0.15, 0.2) is 12.2 Å². The van der Waals surface area contributed by atoms with E-state index in [0.717, 1.165) is 25.7 Å². The van der Waals surface area contributed by atoms with Gasteiger partial charge < -0.3 is 10.4 Å². The van der Waals surface area contributed by atoms with E-state index in [1.165, 1.54) is 38.5 Å². The lowest BCUT2D eigenvalue weighted by atomic mass is 10.1. The summed E-state index contributed by atoms with van der Waals surface area (Å²) in [7, 11) is 3.56. The molecule has 0 aromatic carbocycles. The van der Waals surface area contributed by atoms with Crippen molar-refractivity contribution in [3.05, 3.63) is 12.2 Å². The lowest BCUT2D eigenvalue weighted by Gasteiger charge is -2.19. The van der Waals surface area contributed by atoms with Gasteiger partial charge in [0.1, 0.15) is 6.04 Å². The van der Waals surface area contributed by atoms with Crippen LogP contribution >= 0.6 is 0 Å². The average Bonchev–Trinajstić information content (AvgIpc) is 2.58. The summed E-state index contributed by atoms with van der Waals surface area (Å²) in [5, 5.41) is 12.0. The van der Waals surface area contributed by atoms with E-state index < -0.39 is 12.0 Å². The number of carbonyl (C=O) groups excluding carboxylic acids is 1. The zero-order valence-corrected chi connectivity index (χ0v) is 17.1. The number of carboxylic acids is 1. The highest BCUT2D eigenvalue weighted by Gasteiger charge is 2.18. The summed E-state index contributed by atoms with van der Waals surface area (Å²) in [6.07, 6.45) is 16.9. The minimum atomic E-state index is -0.781. The molecule has 1 amide bonds. The van der Waals surface area contributed by atoms with Gasteiger partial charge in [-0.05, 0) is 59.5 Å². The highest BCUT2D eigenvalue weighted by atomic mass is 16.4. The SMILES string of the molecule is C/C=C/CCCCCCCCCC(=O)NCCCC[C@@H](C(=O)O)N(C)C. The molecule has 5 heteroatoms. The summed E-state index contributed by atoms with van der Waals surface area (Å²) in [5.41, 5.74) is 0. The van der Waals surface area contributed by atoms with Crippen molar-refractivity contribution in [2.75, 3.05) is 20.6 Å². The van der Waals surface area contributed by atoms with Crippen LogP contribution in [0.5, 0.6) is 0 Å². The smallest absolute Gasteiger partial charge is 0.320 e. The normalized spacial score (nSPS) is 12.6. The number of unbranched alkanes of at least 4 members (excludes halogenated alkanes) is 8. The Balaban J connectivity index is 3.43. The number of hydrogen-bond acceptors (Lipinski definition) is 3. The van der Waals surface area contributed by atoms with Gasteiger partial charge in [0.25, 0.3) is 0 Å². The molecule has 1 atom stereocenters. The topological polar surface area (TPSA) is 69.6 Å². The molecule has 0 saturated heterocycles. The molecule has 0 heterocycles. The Bertz CT molecular complexity index is 395. The van der Waals surface area contributed by atoms with Gasteiger partial charge in [-0.15, -0.1) is 0 Å². The van der Waals surface area contributed by atoms with Crippen LogP contribution in [-0.4, -0.2) is 48.6 Å². The second kappa shape index (κ2) is 17.1. The molecule has 0 bridgehead atoms. The largest absolute Gasteiger partial charge is 0.480 e. The molecule has 0 aromatic rings. The van der Waals surface area contributed by atoms with Gasteiger partial charge in [-0.1, -0.05) is 44.3 Å². The summed E-state index contributed by atoms with van der Waals surface area (Å²) in [5.74, 6) is -0.657. The molecule has 5 nitrogen and oxygen atoms in total. The molecule has 0 spiro atoms. The van der Waals surface area contributed by atoms with E-state index in [1.54, 1.807) is 19.0 Å². The van der Waals surface area contributed by atoms with E-state index >= 15 is 0 Å². The third kappa shape index (κ3) is 14.9. The molecule has 0 fully saturated rings. The number of amides is 1. The van der Waals surface area contributed by atoms with Gasteiger partial charge >= 0.3 is 5.97 Å². The highest BCUT2D eigenvalue weighted by Crippen LogP contribution is 2.10. The number of carboxylic acid groups (broad SMARTS) is 1. The first-order valence-electron chi connectivity index (χ1n) is 10.3. The first kappa shape index (κ1) is 24.6. The molecule has 0 rings (SSSR count). The quantitative estimate of drug-likeness (QED) is 0.295. The van der Waals surface area contributed by atoms with Crippen LogP contribution in [-0.2, 0) is 9.59 Å². The number of hydrogen-bond donors (Lipinski definition) is 2. The Hall–Kier alpha value is -1.36. The van der Waals surface area contributed by atoms with E-state index in [4.69, 9.17) is 5.11 Å². The van der Waals surface area contributed by atoms with Gasteiger partial charge in [0.05, 0.1) is 0 Å². The third-order valence-corrected chi connectivity index (χ3v) is 4.65. The van der Waals surface area contributed by atoms with Crippen LogP contribution in [0.4, 0.5) is 0 Å². The summed E-state index contributed by atoms with van der Waals surface area (Å²) in [6, 6.07) is -0.436. The van der Waals surface area contributed by atoms with Crippen molar-refractivity contribution >= 4 is 11.9 Å². The van der Waals surface area contributed by atoms with Crippen LogP contribution in [0.2, 0.25) is 0 Å². The van der Waals surface area contributed by atoms with Crippen molar-refractivity contribution in [2.45, 2.75) is 90.0 Å². The lowest BCUT2D eigenvalue weighted by molar-refractivity contribution is -0.142. The van der Waals surface area contributed by atoms with Gasteiger partial charge in [-0.25, -0.2) is 0 Å². The number of aliphatic carboxylic acids is 1. The number of likely N-dealkylation sites (N-methyl/N-ethyl adjacent to an activating group) is 1. The number of allylic oxidation sites excluding steroid dienone is 2. The minimum absolute atomic E-state index is 0.124. The van der Waals surface area contributed by atoms with E-state index in [2.05, 4.69) is 24.4 Å². The number of nitrogens with one attached hydrogen (secondary N) is 1.